The van der Waals surface area contributed by atoms with Gasteiger partial charge in [-0.3, -0.25) is 0 Å². The summed E-state index contributed by atoms with van der Waals surface area (Å²) < 4.78 is 0. The van der Waals surface area contributed by atoms with Crippen LogP contribution in [0.4, 0.5) is 10.5 Å². The van der Waals surface area contributed by atoms with Crippen LogP contribution in [0.1, 0.15) is 10.4 Å². The van der Waals surface area contributed by atoms with E-state index in [-0.39, 0.29) is 6.03 Å². The summed E-state index contributed by atoms with van der Waals surface area (Å²) in [6, 6.07) is 12.5. The summed E-state index contributed by atoms with van der Waals surface area (Å²) in [6.45, 7) is 6.01. The number of amides is 2. The largest absolute Gasteiger partial charge is 0.368 e. The highest BCUT2D eigenvalue weighted by atomic mass is 32.1. The van der Waals surface area contributed by atoms with Gasteiger partial charge in [0.15, 0.2) is 0 Å². The maximum absolute atomic E-state index is 12.2. The second-order valence-electron chi connectivity index (χ2n) is 5.50. The van der Waals surface area contributed by atoms with Crippen LogP contribution in [0.2, 0.25) is 0 Å². The summed E-state index contributed by atoms with van der Waals surface area (Å²) in [4.78, 5) is 17.7. The topological polar surface area (TPSA) is 35.6 Å². The van der Waals surface area contributed by atoms with Crippen molar-refractivity contribution >= 4 is 23.1 Å². The zero-order chi connectivity index (χ0) is 15.4. The minimum atomic E-state index is 0.0421. The number of carbonyl (C=O) groups excluding carboxylic acids is 1. The van der Waals surface area contributed by atoms with Gasteiger partial charge in [-0.05, 0) is 36.1 Å². The number of benzene rings is 1. The molecule has 1 aliphatic heterocycles. The molecule has 2 amide bonds. The van der Waals surface area contributed by atoms with Gasteiger partial charge >= 0.3 is 6.03 Å². The molecular weight excluding hydrogens is 294 g/mol. The van der Waals surface area contributed by atoms with E-state index in [1.54, 1.807) is 11.3 Å². The average molecular weight is 315 g/mol. The first-order valence-electron chi connectivity index (χ1n) is 7.60. The van der Waals surface area contributed by atoms with E-state index in [9.17, 15) is 4.79 Å². The van der Waals surface area contributed by atoms with Crippen LogP contribution >= 0.6 is 11.3 Å². The van der Waals surface area contributed by atoms with Crippen molar-refractivity contribution in [3.63, 3.8) is 0 Å². The molecule has 5 heteroatoms. The first-order valence-corrected chi connectivity index (χ1v) is 8.48. The molecule has 2 aromatic rings. The summed E-state index contributed by atoms with van der Waals surface area (Å²) >= 11 is 1.69. The van der Waals surface area contributed by atoms with Gasteiger partial charge in [0.05, 0.1) is 6.54 Å². The molecule has 0 unspecified atom stereocenters. The monoisotopic (exact) mass is 315 g/mol. The Hall–Kier alpha value is -2.01. The number of thiophene rings is 1. The molecule has 22 heavy (non-hydrogen) atoms. The van der Waals surface area contributed by atoms with Crippen molar-refractivity contribution in [3.8, 4) is 0 Å². The van der Waals surface area contributed by atoms with E-state index in [2.05, 4.69) is 52.9 Å². The minimum absolute atomic E-state index is 0.0421. The number of rotatable bonds is 3. The number of anilines is 1. The summed E-state index contributed by atoms with van der Waals surface area (Å²) in [7, 11) is 0. The third kappa shape index (κ3) is 3.42. The summed E-state index contributed by atoms with van der Waals surface area (Å²) in [5.41, 5.74) is 2.48. The predicted octanol–water partition coefficient (Wildman–Crippen LogP) is 3.09. The van der Waals surface area contributed by atoms with Gasteiger partial charge in [0.2, 0.25) is 0 Å². The lowest BCUT2D eigenvalue weighted by Gasteiger charge is -2.36. The van der Waals surface area contributed by atoms with Crippen molar-refractivity contribution in [3.05, 3.63) is 52.2 Å². The predicted molar refractivity (Wildman–Crippen MR) is 91.5 cm³/mol. The van der Waals surface area contributed by atoms with Gasteiger partial charge in [-0.15, -0.1) is 11.3 Å². The zero-order valence-electron chi connectivity index (χ0n) is 12.8. The smallest absolute Gasteiger partial charge is 0.317 e. The van der Waals surface area contributed by atoms with Gasteiger partial charge in [-0.1, -0.05) is 18.2 Å². The average Bonchev–Trinajstić information content (AvgIpc) is 2.99. The SMILES string of the molecule is Cc1ccsc1CNC(=O)N1CCN(c2ccccc2)CC1. The van der Waals surface area contributed by atoms with Crippen molar-refractivity contribution in [1.82, 2.24) is 10.2 Å². The molecule has 1 N–H and O–H groups in total. The Kier molecular flexibility index (Phi) is 4.63. The van der Waals surface area contributed by atoms with Gasteiger partial charge in [0, 0.05) is 36.7 Å². The highest BCUT2D eigenvalue weighted by molar-refractivity contribution is 7.10. The molecule has 0 saturated carbocycles. The van der Waals surface area contributed by atoms with Crippen LogP contribution in [-0.2, 0) is 6.54 Å². The van der Waals surface area contributed by atoms with Crippen LogP contribution in [0.5, 0.6) is 0 Å². The lowest BCUT2D eigenvalue weighted by molar-refractivity contribution is 0.194. The van der Waals surface area contributed by atoms with Gasteiger partial charge in [0.1, 0.15) is 0 Å². The van der Waals surface area contributed by atoms with E-state index in [0.29, 0.717) is 6.54 Å². The number of para-hydroxylation sites is 1. The van der Waals surface area contributed by atoms with E-state index >= 15 is 0 Å². The first kappa shape index (κ1) is 14.9. The highest BCUT2D eigenvalue weighted by Crippen LogP contribution is 2.17. The summed E-state index contributed by atoms with van der Waals surface area (Å²) in [5.74, 6) is 0. The van der Waals surface area contributed by atoms with Crippen LogP contribution < -0.4 is 10.2 Å². The van der Waals surface area contributed by atoms with E-state index in [1.807, 2.05) is 11.0 Å². The molecule has 3 rings (SSSR count). The summed E-state index contributed by atoms with van der Waals surface area (Å²) in [5, 5.41) is 5.09. The standard InChI is InChI=1S/C17H21N3OS/c1-14-7-12-22-16(14)13-18-17(21)20-10-8-19(9-11-20)15-5-3-2-4-6-15/h2-7,12H,8-11,13H2,1H3,(H,18,21). The number of aryl methyl sites for hydroxylation is 1. The maximum Gasteiger partial charge on any atom is 0.317 e. The molecule has 1 aromatic carbocycles. The summed E-state index contributed by atoms with van der Waals surface area (Å²) in [6.07, 6.45) is 0. The van der Waals surface area contributed by atoms with Gasteiger partial charge < -0.3 is 15.1 Å². The number of nitrogens with zero attached hydrogens (tertiary/aromatic N) is 2. The number of urea groups is 1. The van der Waals surface area contributed by atoms with Gasteiger partial charge in [-0.2, -0.15) is 0 Å². The van der Waals surface area contributed by atoms with E-state index in [4.69, 9.17) is 0 Å². The highest BCUT2D eigenvalue weighted by Gasteiger charge is 2.21. The third-order valence-corrected chi connectivity index (χ3v) is 5.08. The lowest BCUT2D eigenvalue weighted by atomic mass is 10.2. The molecule has 1 aliphatic rings. The second-order valence-corrected chi connectivity index (χ2v) is 6.50. The molecule has 116 valence electrons. The number of nitrogens with one attached hydrogen (secondary N) is 1. The molecular formula is C17H21N3OS. The maximum atomic E-state index is 12.2. The Morgan fingerprint density at radius 3 is 2.50 bits per heavy atom. The van der Waals surface area contributed by atoms with Crippen LogP contribution in [0.15, 0.2) is 41.8 Å². The molecule has 1 aromatic heterocycles. The van der Waals surface area contributed by atoms with Crippen molar-refractivity contribution in [2.75, 3.05) is 31.1 Å². The van der Waals surface area contributed by atoms with Crippen molar-refractivity contribution in [1.29, 1.82) is 0 Å². The van der Waals surface area contributed by atoms with Crippen LogP contribution in [0, 0.1) is 6.92 Å². The Labute approximate surface area is 135 Å². The Morgan fingerprint density at radius 2 is 1.86 bits per heavy atom. The van der Waals surface area contributed by atoms with Crippen LogP contribution in [-0.4, -0.2) is 37.1 Å². The van der Waals surface area contributed by atoms with E-state index < -0.39 is 0 Å². The molecule has 1 fully saturated rings. The van der Waals surface area contributed by atoms with E-state index in [0.717, 1.165) is 26.2 Å². The fourth-order valence-corrected chi connectivity index (χ4v) is 3.51. The fourth-order valence-electron chi connectivity index (χ4n) is 2.66. The number of hydrogen-bond acceptors (Lipinski definition) is 3. The molecule has 1 saturated heterocycles. The number of carbonyl (C=O) groups is 1. The lowest BCUT2D eigenvalue weighted by Crippen LogP contribution is -2.51. The molecule has 2 heterocycles. The number of piperazine rings is 1. The second kappa shape index (κ2) is 6.83. The van der Waals surface area contributed by atoms with Gasteiger partial charge in [-0.25, -0.2) is 4.79 Å². The molecule has 4 nitrogen and oxygen atoms in total. The first-order chi connectivity index (χ1) is 10.7. The van der Waals surface area contributed by atoms with E-state index in [1.165, 1.54) is 16.1 Å². The van der Waals surface area contributed by atoms with Crippen LogP contribution in [0.25, 0.3) is 0 Å². The molecule has 0 radical (unpaired) electrons. The molecule has 0 bridgehead atoms. The Morgan fingerprint density at radius 1 is 1.14 bits per heavy atom. The fraction of sp³-hybridized carbons (Fsp3) is 0.353. The van der Waals surface area contributed by atoms with Crippen molar-refractivity contribution in [2.24, 2.45) is 0 Å². The molecule has 0 atom stereocenters. The number of hydrogen-bond donors (Lipinski definition) is 1. The Balaban J connectivity index is 1.49. The molecule has 0 aliphatic carbocycles. The Bertz CT molecular complexity index is 618. The minimum Gasteiger partial charge on any atom is -0.368 e. The van der Waals surface area contributed by atoms with Crippen molar-refractivity contribution < 1.29 is 4.79 Å². The van der Waals surface area contributed by atoms with Crippen LogP contribution in [0.3, 0.4) is 0 Å². The normalized spacial score (nSPS) is 15.0. The molecule has 0 spiro atoms. The van der Waals surface area contributed by atoms with Crippen molar-refractivity contribution in [2.45, 2.75) is 13.5 Å². The zero-order valence-corrected chi connectivity index (χ0v) is 13.6. The van der Waals surface area contributed by atoms with Gasteiger partial charge in [0.25, 0.3) is 0 Å². The quantitative estimate of drug-likeness (QED) is 0.945. The third-order valence-electron chi connectivity index (χ3n) is 4.06.